The Morgan fingerprint density at radius 2 is 1.33 bits per heavy atom. The number of nitrogens with two attached hydrogens (primary N) is 1. The molecule has 2 rings (SSSR count). The summed E-state index contributed by atoms with van der Waals surface area (Å²) >= 11 is 0. The van der Waals surface area contributed by atoms with Gasteiger partial charge in [0.05, 0.1) is 22.7 Å². The van der Waals surface area contributed by atoms with E-state index in [-0.39, 0.29) is 0 Å². The molecule has 0 saturated carbocycles. The number of anilines is 4. The summed E-state index contributed by atoms with van der Waals surface area (Å²) in [5.41, 5.74) is 10.3. The van der Waals surface area contributed by atoms with E-state index in [0.717, 1.165) is 35.7 Å². The summed E-state index contributed by atoms with van der Waals surface area (Å²) in [7, 11) is 3.90. The van der Waals surface area contributed by atoms with Crippen LogP contribution in [-0.2, 0) is 0 Å². The standard InChI is InChI=1S/C17H24N4/c1-19-14-8-3-5-10-16(14)21(13-7-12-18)17-11-6-4-9-15(17)20-2/h3-6,8-11,19-20H,7,12-13,18H2,1-2H3. The van der Waals surface area contributed by atoms with Crippen LogP contribution in [0, 0.1) is 0 Å². The highest BCUT2D eigenvalue weighted by molar-refractivity contribution is 5.82. The fourth-order valence-electron chi connectivity index (χ4n) is 2.46. The van der Waals surface area contributed by atoms with Gasteiger partial charge in [-0.1, -0.05) is 24.3 Å². The van der Waals surface area contributed by atoms with Crippen molar-refractivity contribution in [1.29, 1.82) is 0 Å². The third-order valence-electron chi connectivity index (χ3n) is 3.51. The van der Waals surface area contributed by atoms with Crippen LogP contribution in [0.1, 0.15) is 6.42 Å². The van der Waals surface area contributed by atoms with Gasteiger partial charge in [0.2, 0.25) is 0 Å². The lowest BCUT2D eigenvalue weighted by atomic mass is 10.1. The van der Waals surface area contributed by atoms with Gasteiger partial charge in [-0.3, -0.25) is 0 Å². The second kappa shape index (κ2) is 7.55. The molecule has 112 valence electrons. The minimum absolute atomic E-state index is 0.680. The lowest BCUT2D eigenvalue weighted by Gasteiger charge is -2.29. The molecule has 0 atom stereocenters. The second-order valence-corrected chi connectivity index (χ2v) is 4.83. The highest BCUT2D eigenvalue weighted by Crippen LogP contribution is 2.35. The summed E-state index contributed by atoms with van der Waals surface area (Å²) < 4.78 is 0. The van der Waals surface area contributed by atoms with Gasteiger partial charge in [0.25, 0.3) is 0 Å². The average Bonchev–Trinajstić information content (AvgIpc) is 2.56. The zero-order valence-electron chi connectivity index (χ0n) is 12.8. The van der Waals surface area contributed by atoms with E-state index in [0.29, 0.717) is 6.54 Å². The molecule has 0 aliphatic carbocycles. The smallest absolute Gasteiger partial charge is 0.0646 e. The van der Waals surface area contributed by atoms with E-state index in [2.05, 4.69) is 51.9 Å². The monoisotopic (exact) mass is 284 g/mol. The molecule has 0 aromatic heterocycles. The van der Waals surface area contributed by atoms with E-state index in [1.165, 1.54) is 0 Å². The largest absolute Gasteiger partial charge is 0.386 e. The van der Waals surface area contributed by atoms with Gasteiger partial charge in [0.15, 0.2) is 0 Å². The van der Waals surface area contributed by atoms with Gasteiger partial charge < -0.3 is 21.3 Å². The first-order chi connectivity index (χ1) is 10.3. The van der Waals surface area contributed by atoms with Crippen molar-refractivity contribution in [2.75, 3.05) is 42.7 Å². The molecule has 4 nitrogen and oxygen atoms in total. The number of nitrogens with one attached hydrogen (secondary N) is 2. The summed E-state index contributed by atoms with van der Waals surface area (Å²) in [5, 5.41) is 6.53. The summed E-state index contributed by atoms with van der Waals surface area (Å²) in [6.45, 7) is 1.56. The Hall–Kier alpha value is -2.20. The highest BCUT2D eigenvalue weighted by Gasteiger charge is 2.14. The number of rotatable bonds is 7. The van der Waals surface area contributed by atoms with Gasteiger partial charge >= 0.3 is 0 Å². The molecule has 0 fully saturated rings. The Morgan fingerprint density at radius 1 is 0.857 bits per heavy atom. The summed E-state index contributed by atoms with van der Waals surface area (Å²) in [4.78, 5) is 2.31. The normalized spacial score (nSPS) is 10.2. The third kappa shape index (κ3) is 3.47. The van der Waals surface area contributed by atoms with Crippen molar-refractivity contribution in [3.05, 3.63) is 48.5 Å². The maximum absolute atomic E-state index is 5.72. The van der Waals surface area contributed by atoms with Crippen LogP contribution < -0.4 is 21.3 Å². The minimum Gasteiger partial charge on any atom is -0.386 e. The lowest BCUT2D eigenvalue weighted by Crippen LogP contribution is -2.22. The van der Waals surface area contributed by atoms with E-state index in [1.54, 1.807) is 0 Å². The van der Waals surface area contributed by atoms with Gasteiger partial charge in [0.1, 0.15) is 0 Å². The quantitative estimate of drug-likeness (QED) is 0.730. The van der Waals surface area contributed by atoms with E-state index < -0.39 is 0 Å². The molecule has 2 aromatic carbocycles. The molecular weight excluding hydrogens is 260 g/mol. The Morgan fingerprint density at radius 3 is 1.76 bits per heavy atom. The van der Waals surface area contributed by atoms with Gasteiger partial charge in [-0.15, -0.1) is 0 Å². The highest BCUT2D eigenvalue weighted by atomic mass is 15.2. The van der Waals surface area contributed by atoms with Crippen molar-refractivity contribution in [2.24, 2.45) is 5.73 Å². The number of hydrogen-bond acceptors (Lipinski definition) is 4. The average molecular weight is 284 g/mol. The van der Waals surface area contributed by atoms with Gasteiger partial charge in [-0.2, -0.15) is 0 Å². The minimum atomic E-state index is 0.680. The van der Waals surface area contributed by atoms with Crippen LogP contribution in [0.15, 0.2) is 48.5 Å². The van der Waals surface area contributed by atoms with Crippen molar-refractivity contribution in [1.82, 2.24) is 0 Å². The van der Waals surface area contributed by atoms with E-state index >= 15 is 0 Å². The molecule has 0 amide bonds. The first kappa shape index (κ1) is 15.2. The van der Waals surface area contributed by atoms with Crippen LogP contribution in [0.3, 0.4) is 0 Å². The molecule has 4 N–H and O–H groups in total. The van der Waals surface area contributed by atoms with Gasteiger partial charge in [-0.05, 0) is 37.2 Å². The van der Waals surface area contributed by atoms with Crippen molar-refractivity contribution >= 4 is 22.7 Å². The molecule has 2 aromatic rings. The maximum Gasteiger partial charge on any atom is 0.0646 e. The van der Waals surface area contributed by atoms with Crippen molar-refractivity contribution in [2.45, 2.75) is 6.42 Å². The molecule has 0 unspecified atom stereocenters. The molecule has 0 saturated heterocycles. The SMILES string of the molecule is CNc1ccccc1N(CCCN)c1ccccc1NC. The zero-order valence-corrected chi connectivity index (χ0v) is 12.8. The van der Waals surface area contributed by atoms with Crippen LogP contribution in [-0.4, -0.2) is 27.2 Å². The predicted octanol–water partition coefficient (Wildman–Crippen LogP) is 3.26. The van der Waals surface area contributed by atoms with E-state index in [4.69, 9.17) is 5.73 Å². The molecule has 4 heteroatoms. The maximum atomic E-state index is 5.72. The number of para-hydroxylation sites is 4. The summed E-state index contributed by atoms with van der Waals surface area (Å²) in [6, 6.07) is 16.7. The van der Waals surface area contributed by atoms with Crippen molar-refractivity contribution < 1.29 is 0 Å². The molecule has 0 spiro atoms. The van der Waals surface area contributed by atoms with Crippen LogP contribution in [0.4, 0.5) is 22.7 Å². The Kier molecular flexibility index (Phi) is 5.46. The fraction of sp³-hybridized carbons (Fsp3) is 0.294. The molecule has 0 aliphatic heterocycles. The molecule has 0 aliphatic rings. The van der Waals surface area contributed by atoms with Crippen LogP contribution in [0.2, 0.25) is 0 Å². The van der Waals surface area contributed by atoms with Crippen molar-refractivity contribution in [3.8, 4) is 0 Å². The number of benzene rings is 2. The second-order valence-electron chi connectivity index (χ2n) is 4.83. The lowest BCUT2D eigenvalue weighted by molar-refractivity contribution is 0.818. The van der Waals surface area contributed by atoms with E-state index in [9.17, 15) is 0 Å². The molecule has 21 heavy (non-hydrogen) atoms. The zero-order chi connectivity index (χ0) is 15.1. The number of hydrogen-bond donors (Lipinski definition) is 3. The molecule has 0 bridgehead atoms. The Balaban J connectivity index is 2.47. The van der Waals surface area contributed by atoms with E-state index in [1.807, 2.05) is 26.2 Å². The first-order valence-electron chi connectivity index (χ1n) is 7.33. The molecule has 0 radical (unpaired) electrons. The summed E-state index contributed by atoms with van der Waals surface area (Å²) in [6.07, 6.45) is 0.941. The first-order valence-corrected chi connectivity index (χ1v) is 7.33. The summed E-state index contributed by atoms with van der Waals surface area (Å²) in [5.74, 6) is 0. The molecule has 0 heterocycles. The fourth-order valence-corrected chi connectivity index (χ4v) is 2.46. The third-order valence-corrected chi connectivity index (χ3v) is 3.51. The molecular formula is C17H24N4. The van der Waals surface area contributed by atoms with Crippen LogP contribution in [0.25, 0.3) is 0 Å². The number of nitrogens with zero attached hydrogens (tertiary/aromatic N) is 1. The Bertz CT molecular complexity index is 521. The van der Waals surface area contributed by atoms with Crippen LogP contribution in [0.5, 0.6) is 0 Å². The van der Waals surface area contributed by atoms with Gasteiger partial charge in [-0.25, -0.2) is 0 Å². The topological polar surface area (TPSA) is 53.3 Å². The predicted molar refractivity (Wildman–Crippen MR) is 92.7 cm³/mol. The van der Waals surface area contributed by atoms with Crippen molar-refractivity contribution in [3.63, 3.8) is 0 Å². The van der Waals surface area contributed by atoms with Gasteiger partial charge in [0, 0.05) is 20.6 Å². The van der Waals surface area contributed by atoms with Crippen LogP contribution >= 0.6 is 0 Å². The Labute approximate surface area is 127 Å².